The first kappa shape index (κ1) is 13.3. The molecule has 0 radical (unpaired) electrons. The Morgan fingerprint density at radius 3 is 2.74 bits per heavy atom. The van der Waals surface area contributed by atoms with E-state index in [0.29, 0.717) is 5.57 Å². The molecule has 0 bridgehead atoms. The zero-order valence-corrected chi connectivity index (χ0v) is 10.9. The maximum Gasteiger partial charge on any atom is 0.328 e. The molecule has 1 fully saturated rings. The van der Waals surface area contributed by atoms with Crippen molar-refractivity contribution in [2.24, 2.45) is 0 Å². The van der Waals surface area contributed by atoms with Gasteiger partial charge in [0.05, 0.1) is 18.4 Å². The highest BCUT2D eigenvalue weighted by molar-refractivity contribution is 5.80. The lowest BCUT2D eigenvalue weighted by molar-refractivity contribution is -0.131. The number of hydrogen-bond donors (Lipinski definition) is 1. The number of aliphatic carboxylic acids is 1. The van der Waals surface area contributed by atoms with Gasteiger partial charge in [-0.1, -0.05) is 0 Å². The van der Waals surface area contributed by atoms with E-state index in [0.717, 1.165) is 37.7 Å². The molecule has 1 N–H and O–H groups in total. The van der Waals surface area contributed by atoms with Crippen molar-refractivity contribution in [1.29, 1.82) is 0 Å². The number of carboxylic acid groups (broad SMARTS) is 1. The predicted molar refractivity (Wildman–Crippen MR) is 71.3 cm³/mol. The molecule has 1 saturated heterocycles. The molecule has 1 aromatic heterocycles. The Kier molecular flexibility index (Phi) is 3.99. The number of carbonyl (C=O) groups is 1. The Morgan fingerprint density at radius 2 is 2.16 bits per heavy atom. The highest BCUT2D eigenvalue weighted by Gasteiger charge is 2.13. The molecule has 2 heterocycles. The van der Waals surface area contributed by atoms with Crippen molar-refractivity contribution < 1.29 is 9.90 Å². The van der Waals surface area contributed by atoms with Crippen molar-refractivity contribution in [2.45, 2.75) is 26.3 Å². The second kappa shape index (κ2) is 5.69. The van der Waals surface area contributed by atoms with Crippen molar-refractivity contribution in [3.63, 3.8) is 0 Å². The third kappa shape index (κ3) is 3.43. The molecule has 19 heavy (non-hydrogen) atoms. The summed E-state index contributed by atoms with van der Waals surface area (Å²) in [4.78, 5) is 24.6. The lowest BCUT2D eigenvalue weighted by Gasteiger charge is -2.17. The van der Waals surface area contributed by atoms with E-state index in [-0.39, 0.29) is 12.1 Å². The Morgan fingerprint density at radius 1 is 1.47 bits per heavy atom. The van der Waals surface area contributed by atoms with Gasteiger partial charge in [-0.05, 0) is 25.3 Å². The number of allylic oxidation sites excluding steroid dienone is 1. The normalized spacial score (nSPS) is 15.8. The van der Waals surface area contributed by atoms with E-state index in [1.54, 1.807) is 19.2 Å². The summed E-state index contributed by atoms with van der Waals surface area (Å²) < 4.78 is 1.27. The number of hydrogen-bond acceptors (Lipinski definition) is 4. The zero-order chi connectivity index (χ0) is 13.8. The van der Waals surface area contributed by atoms with Gasteiger partial charge in [0.1, 0.15) is 0 Å². The molecule has 0 aliphatic carbocycles. The average molecular weight is 263 g/mol. The standard InChI is InChI=1S/C13H17N3O3/c1-10(6-13(18)19)9-16-12(17)7-11(8-14-16)15-4-2-3-5-15/h6-8H,2-5,9H2,1H3,(H,18,19). The van der Waals surface area contributed by atoms with Crippen LogP contribution in [0.15, 0.2) is 28.7 Å². The second-order valence-electron chi connectivity index (χ2n) is 4.73. The number of nitrogens with zero attached hydrogens (tertiary/aromatic N) is 3. The van der Waals surface area contributed by atoms with Crippen molar-refractivity contribution in [1.82, 2.24) is 9.78 Å². The van der Waals surface area contributed by atoms with Crippen LogP contribution in [0.3, 0.4) is 0 Å². The van der Waals surface area contributed by atoms with Crippen LogP contribution in [0.5, 0.6) is 0 Å². The Labute approximate surface area is 111 Å². The first-order chi connectivity index (χ1) is 9.06. The highest BCUT2D eigenvalue weighted by atomic mass is 16.4. The van der Waals surface area contributed by atoms with Crippen LogP contribution in [0.1, 0.15) is 19.8 Å². The summed E-state index contributed by atoms with van der Waals surface area (Å²) in [6, 6.07) is 1.56. The van der Waals surface area contributed by atoms with E-state index in [1.807, 2.05) is 0 Å². The van der Waals surface area contributed by atoms with Crippen LogP contribution in [-0.4, -0.2) is 33.9 Å². The molecule has 0 atom stereocenters. The molecule has 1 aliphatic heterocycles. The van der Waals surface area contributed by atoms with Crippen LogP contribution in [0, 0.1) is 0 Å². The van der Waals surface area contributed by atoms with Gasteiger partial charge in [-0.15, -0.1) is 0 Å². The summed E-state index contributed by atoms with van der Waals surface area (Å²) in [5.41, 5.74) is 1.22. The van der Waals surface area contributed by atoms with E-state index in [4.69, 9.17) is 5.11 Å². The van der Waals surface area contributed by atoms with Crippen LogP contribution in [0.4, 0.5) is 5.69 Å². The van der Waals surface area contributed by atoms with Gasteiger partial charge in [0.2, 0.25) is 0 Å². The van der Waals surface area contributed by atoms with Crippen molar-refractivity contribution in [3.8, 4) is 0 Å². The number of rotatable bonds is 4. The van der Waals surface area contributed by atoms with Gasteiger partial charge in [0, 0.05) is 25.2 Å². The molecule has 0 unspecified atom stereocenters. The quantitative estimate of drug-likeness (QED) is 0.816. The molecule has 6 heteroatoms. The fourth-order valence-corrected chi connectivity index (χ4v) is 2.18. The minimum atomic E-state index is -1.01. The largest absolute Gasteiger partial charge is 0.478 e. The lowest BCUT2D eigenvalue weighted by atomic mass is 10.3. The molecular weight excluding hydrogens is 246 g/mol. The maximum absolute atomic E-state index is 11.9. The summed E-state index contributed by atoms with van der Waals surface area (Å²) in [5, 5.41) is 12.7. The van der Waals surface area contributed by atoms with Gasteiger partial charge in [0.15, 0.2) is 0 Å². The third-order valence-corrected chi connectivity index (χ3v) is 3.10. The minimum absolute atomic E-state index is 0.200. The van der Waals surface area contributed by atoms with E-state index < -0.39 is 5.97 Å². The fourth-order valence-electron chi connectivity index (χ4n) is 2.18. The van der Waals surface area contributed by atoms with Crippen LogP contribution < -0.4 is 10.5 Å². The maximum atomic E-state index is 11.9. The van der Waals surface area contributed by atoms with E-state index in [1.165, 1.54) is 4.68 Å². The van der Waals surface area contributed by atoms with Crippen molar-refractivity contribution in [3.05, 3.63) is 34.3 Å². The second-order valence-corrected chi connectivity index (χ2v) is 4.73. The van der Waals surface area contributed by atoms with Crippen LogP contribution in [-0.2, 0) is 11.3 Å². The smallest absolute Gasteiger partial charge is 0.328 e. The van der Waals surface area contributed by atoms with Crippen LogP contribution >= 0.6 is 0 Å². The van der Waals surface area contributed by atoms with Gasteiger partial charge < -0.3 is 10.0 Å². The SMILES string of the molecule is CC(=CC(=O)O)Cn1ncc(N2CCCC2)cc1=O. The topological polar surface area (TPSA) is 75.4 Å². The molecule has 0 saturated carbocycles. The van der Waals surface area contributed by atoms with Gasteiger partial charge in [-0.2, -0.15) is 5.10 Å². The number of carboxylic acids is 1. The minimum Gasteiger partial charge on any atom is -0.478 e. The lowest BCUT2D eigenvalue weighted by Crippen LogP contribution is -2.26. The van der Waals surface area contributed by atoms with Gasteiger partial charge in [0.25, 0.3) is 5.56 Å². The molecule has 2 rings (SSSR count). The first-order valence-corrected chi connectivity index (χ1v) is 6.28. The fraction of sp³-hybridized carbons (Fsp3) is 0.462. The molecule has 1 aromatic rings. The van der Waals surface area contributed by atoms with Crippen LogP contribution in [0.2, 0.25) is 0 Å². The Bertz CT molecular complexity index is 556. The average Bonchev–Trinajstić information content (AvgIpc) is 2.84. The van der Waals surface area contributed by atoms with Crippen molar-refractivity contribution >= 4 is 11.7 Å². The van der Waals surface area contributed by atoms with Crippen LogP contribution in [0.25, 0.3) is 0 Å². The molecule has 0 amide bonds. The highest BCUT2D eigenvalue weighted by Crippen LogP contribution is 2.16. The van der Waals surface area contributed by atoms with E-state index in [9.17, 15) is 9.59 Å². The Balaban J connectivity index is 2.15. The predicted octanol–water partition coefficient (Wildman–Crippen LogP) is 0.874. The number of anilines is 1. The molecule has 0 aromatic carbocycles. The molecular formula is C13H17N3O3. The van der Waals surface area contributed by atoms with Crippen molar-refractivity contribution in [2.75, 3.05) is 18.0 Å². The third-order valence-electron chi connectivity index (χ3n) is 3.10. The van der Waals surface area contributed by atoms with Gasteiger partial charge >= 0.3 is 5.97 Å². The summed E-state index contributed by atoms with van der Waals surface area (Å²) in [6.45, 7) is 3.79. The summed E-state index contributed by atoms with van der Waals surface area (Å²) in [7, 11) is 0. The molecule has 102 valence electrons. The van der Waals surface area contributed by atoms with E-state index in [2.05, 4.69) is 10.00 Å². The summed E-state index contributed by atoms with van der Waals surface area (Å²) in [6.07, 6.45) is 5.04. The summed E-state index contributed by atoms with van der Waals surface area (Å²) >= 11 is 0. The van der Waals surface area contributed by atoms with Gasteiger partial charge in [-0.25, -0.2) is 9.48 Å². The zero-order valence-electron chi connectivity index (χ0n) is 10.9. The first-order valence-electron chi connectivity index (χ1n) is 6.28. The van der Waals surface area contributed by atoms with Gasteiger partial charge in [-0.3, -0.25) is 4.79 Å². The molecule has 0 spiro atoms. The van der Waals surface area contributed by atoms with E-state index >= 15 is 0 Å². The Hall–Kier alpha value is -2.11. The monoisotopic (exact) mass is 263 g/mol. The molecule has 1 aliphatic rings. The molecule has 6 nitrogen and oxygen atoms in total. The number of aromatic nitrogens is 2. The summed E-state index contributed by atoms with van der Waals surface area (Å²) in [5.74, 6) is -1.01.